The van der Waals surface area contributed by atoms with Crippen molar-refractivity contribution in [2.24, 2.45) is 5.92 Å². The Hall–Kier alpha value is -3.75. The second-order valence-electron chi connectivity index (χ2n) is 9.63. The SMILES string of the molecule is CCCCCCOC(=O)Nc1cc(CC2C(=O)N(C(=O)N[C@H](C)c3ccccc3)[C@@H]2C(=O)CCC)ccn1. The zero-order valence-electron chi connectivity index (χ0n) is 22.4. The standard InChI is InChI=1S/C29H38N4O5/c1-4-6-7-11-17-38-29(37)32-25-19-21(15-16-30-25)18-23-26(24(34)12-5-2)33(27(23)35)28(36)31-20(3)22-13-9-8-10-14-22/h8-10,13-16,19-20,23,26H,4-7,11-12,17-18H2,1-3H3,(H,31,36)(H,30,32,37)/t20-,23?,26+/m1/s1. The Bertz CT molecular complexity index is 1110. The van der Waals surface area contributed by atoms with Crippen molar-refractivity contribution in [1.29, 1.82) is 0 Å². The van der Waals surface area contributed by atoms with Crippen LogP contribution in [0.5, 0.6) is 0 Å². The fourth-order valence-electron chi connectivity index (χ4n) is 4.57. The summed E-state index contributed by atoms with van der Waals surface area (Å²) in [5, 5.41) is 5.45. The average Bonchev–Trinajstić information content (AvgIpc) is 2.90. The van der Waals surface area contributed by atoms with Crippen molar-refractivity contribution in [3.05, 3.63) is 59.8 Å². The van der Waals surface area contributed by atoms with Gasteiger partial charge in [0, 0.05) is 12.6 Å². The molecule has 0 radical (unpaired) electrons. The highest BCUT2D eigenvalue weighted by molar-refractivity contribution is 6.09. The number of nitrogens with zero attached hydrogens (tertiary/aromatic N) is 2. The van der Waals surface area contributed by atoms with Crippen molar-refractivity contribution in [2.75, 3.05) is 11.9 Å². The zero-order chi connectivity index (χ0) is 27.5. The largest absolute Gasteiger partial charge is 0.449 e. The third kappa shape index (κ3) is 7.63. The number of imide groups is 1. The maximum Gasteiger partial charge on any atom is 0.412 e. The molecule has 2 N–H and O–H groups in total. The second-order valence-corrected chi connectivity index (χ2v) is 9.63. The van der Waals surface area contributed by atoms with E-state index >= 15 is 0 Å². The first-order chi connectivity index (χ1) is 18.3. The average molecular weight is 523 g/mol. The fourth-order valence-corrected chi connectivity index (χ4v) is 4.57. The van der Waals surface area contributed by atoms with Crippen LogP contribution in [0.3, 0.4) is 0 Å². The number of Topliss-reactive ketones (excluding diaryl/α,β-unsaturated/α-hetero) is 1. The van der Waals surface area contributed by atoms with Gasteiger partial charge in [-0.3, -0.25) is 19.8 Å². The topological polar surface area (TPSA) is 118 Å². The van der Waals surface area contributed by atoms with Crippen molar-refractivity contribution in [2.45, 2.75) is 77.8 Å². The van der Waals surface area contributed by atoms with Gasteiger partial charge in [-0.1, -0.05) is 63.4 Å². The van der Waals surface area contributed by atoms with E-state index in [1.54, 1.807) is 12.1 Å². The Morgan fingerprint density at radius 2 is 1.82 bits per heavy atom. The molecule has 2 heterocycles. The molecule has 4 amide bonds. The number of pyridine rings is 1. The predicted molar refractivity (Wildman–Crippen MR) is 144 cm³/mol. The summed E-state index contributed by atoms with van der Waals surface area (Å²) in [6.07, 6.45) is 6.11. The molecule has 0 aliphatic carbocycles. The number of rotatable bonds is 13. The molecule has 1 unspecified atom stereocenters. The van der Waals surface area contributed by atoms with E-state index in [9.17, 15) is 19.2 Å². The van der Waals surface area contributed by atoms with E-state index in [-0.39, 0.29) is 24.7 Å². The number of anilines is 1. The van der Waals surface area contributed by atoms with Crippen molar-refractivity contribution in [3.63, 3.8) is 0 Å². The van der Waals surface area contributed by atoms with E-state index in [1.807, 2.05) is 44.2 Å². The number of amides is 4. The Morgan fingerprint density at radius 3 is 2.53 bits per heavy atom. The maximum atomic E-state index is 13.1. The normalized spacial score (nSPS) is 17.3. The number of ether oxygens (including phenoxy) is 1. The molecule has 2 aromatic rings. The number of nitrogens with one attached hydrogen (secondary N) is 2. The molecule has 204 valence electrons. The Labute approximate surface area is 224 Å². The molecule has 38 heavy (non-hydrogen) atoms. The van der Waals surface area contributed by atoms with Crippen LogP contribution in [-0.2, 0) is 20.7 Å². The lowest BCUT2D eigenvalue weighted by Gasteiger charge is -2.45. The summed E-state index contributed by atoms with van der Waals surface area (Å²) in [5.74, 6) is -0.892. The van der Waals surface area contributed by atoms with Gasteiger partial charge >= 0.3 is 12.1 Å². The van der Waals surface area contributed by atoms with Gasteiger partial charge in [-0.25, -0.2) is 14.6 Å². The van der Waals surface area contributed by atoms with Gasteiger partial charge in [-0.15, -0.1) is 0 Å². The van der Waals surface area contributed by atoms with Crippen LogP contribution >= 0.6 is 0 Å². The molecule has 1 saturated heterocycles. The summed E-state index contributed by atoms with van der Waals surface area (Å²) in [6.45, 7) is 6.17. The molecule has 0 spiro atoms. The zero-order valence-corrected chi connectivity index (χ0v) is 22.4. The molecule has 1 aromatic carbocycles. The van der Waals surface area contributed by atoms with Crippen LogP contribution in [0.2, 0.25) is 0 Å². The molecule has 0 saturated carbocycles. The minimum Gasteiger partial charge on any atom is -0.449 e. The van der Waals surface area contributed by atoms with Crippen molar-refractivity contribution in [3.8, 4) is 0 Å². The number of carbonyl (C=O) groups excluding carboxylic acids is 4. The maximum absolute atomic E-state index is 13.1. The second kappa shape index (κ2) is 14.3. The van der Waals surface area contributed by atoms with Crippen LogP contribution in [0.15, 0.2) is 48.7 Å². The molecule has 9 heteroatoms. The van der Waals surface area contributed by atoms with E-state index in [2.05, 4.69) is 22.5 Å². The van der Waals surface area contributed by atoms with Crippen LogP contribution in [0.1, 0.15) is 76.5 Å². The fraction of sp³-hybridized carbons (Fsp3) is 0.483. The lowest BCUT2D eigenvalue weighted by Crippen LogP contribution is -2.68. The first-order valence-corrected chi connectivity index (χ1v) is 13.5. The van der Waals surface area contributed by atoms with Gasteiger partial charge in [0.05, 0.1) is 18.6 Å². The van der Waals surface area contributed by atoms with Crippen molar-refractivity contribution in [1.82, 2.24) is 15.2 Å². The van der Waals surface area contributed by atoms with Gasteiger partial charge in [0.15, 0.2) is 5.78 Å². The van der Waals surface area contributed by atoms with E-state index in [0.29, 0.717) is 18.8 Å². The van der Waals surface area contributed by atoms with E-state index in [1.165, 1.54) is 6.20 Å². The summed E-state index contributed by atoms with van der Waals surface area (Å²) in [4.78, 5) is 56.4. The monoisotopic (exact) mass is 522 g/mol. The minimum absolute atomic E-state index is 0.140. The van der Waals surface area contributed by atoms with E-state index < -0.39 is 30.0 Å². The lowest BCUT2D eigenvalue weighted by molar-refractivity contribution is -0.156. The molecule has 1 fully saturated rings. The number of urea groups is 1. The molecule has 1 aliphatic rings. The third-order valence-electron chi connectivity index (χ3n) is 6.64. The summed E-state index contributed by atoms with van der Waals surface area (Å²) < 4.78 is 5.20. The highest BCUT2D eigenvalue weighted by Gasteiger charge is 2.53. The third-order valence-corrected chi connectivity index (χ3v) is 6.64. The molecular formula is C29H38N4O5. The number of β-lactam (4-membered cyclic amide) rings is 1. The highest BCUT2D eigenvalue weighted by atomic mass is 16.5. The number of hydrogen-bond donors (Lipinski definition) is 2. The number of ketones is 1. The van der Waals surface area contributed by atoms with Crippen molar-refractivity contribution < 1.29 is 23.9 Å². The number of unbranched alkanes of at least 4 members (excludes halogenated alkanes) is 3. The molecule has 1 aliphatic heterocycles. The predicted octanol–water partition coefficient (Wildman–Crippen LogP) is 5.42. The molecule has 3 rings (SSSR count). The number of benzene rings is 1. The highest BCUT2D eigenvalue weighted by Crippen LogP contribution is 2.32. The van der Waals surface area contributed by atoms with E-state index in [0.717, 1.165) is 41.7 Å². The van der Waals surface area contributed by atoms with Gasteiger partial charge in [-0.05, 0) is 49.4 Å². The number of hydrogen-bond acceptors (Lipinski definition) is 6. The Kier molecular flexibility index (Phi) is 10.8. The van der Waals surface area contributed by atoms with Gasteiger partial charge < -0.3 is 10.1 Å². The number of likely N-dealkylation sites (tertiary alicyclic amines) is 1. The summed E-state index contributed by atoms with van der Waals surface area (Å²) in [7, 11) is 0. The van der Waals surface area contributed by atoms with Crippen LogP contribution in [-0.4, -0.2) is 46.3 Å². The Morgan fingerprint density at radius 1 is 1.05 bits per heavy atom. The number of carbonyl (C=O) groups is 4. The smallest absolute Gasteiger partial charge is 0.412 e. The van der Waals surface area contributed by atoms with Crippen LogP contribution < -0.4 is 10.6 Å². The summed E-state index contributed by atoms with van der Waals surface area (Å²) in [6, 6.07) is 11.1. The molecule has 9 nitrogen and oxygen atoms in total. The molecular weight excluding hydrogens is 484 g/mol. The number of aromatic nitrogens is 1. The molecule has 0 bridgehead atoms. The van der Waals surface area contributed by atoms with Crippen LogP contribution in [0.4, 0.5) is 15.4 Å². The van der Waals surface area contributed by atoms with Crippen LogP contribution in [0.25, 0.3) is 0 Å². The quantitative estimate of drug-likeness (QED) is 0.268. The van der Waals surface area contributed by atoms with Gasteiger partial charge in [0.2, 0.25) is 5.91 Å². The van der Waals surface area contributed by atoms with Crippen LogP contribution in [0, 0.1) is 5.92 Å². The molecule has 3 atom stereocenters. The van der Waals surface area contributed by atoms with E-state index in [4.69, 9.17) is 4.74 Å². The first-order valence-electron chi connectivity index (χ1n) is 13.5. The minimum atomic E-state index is -0.830. The Balaban J connectivity index is 1.63. The summed E-state index contributed by atoms with van der Waals surface area (Å²) in [5.41, 5.74) is 1.63. The van der Waals surface area contributed by atoms with Crippen molar-refractivity contribution >= 4 is 29.6 Å². The first kappa shape index (κ1) is 28.8. The van der Waals surface area contributed by atoms with Gasteiger partial charge in [0.25, 0.3) is 0 Å². The van der Waals surface area contributed by atoms with Gasteiger partial charge in [0.1, 0.15) is 11.9 Å². The molecule has 1 aromatic heterocycles. The van der Waals surface area contributed by atoms with Gasteiger partial charge in [-0.2, -0.15) is 0 Å². The lowest BCUT2D eigenvalue weighted by atomic mass is 9.79. The summed E-state index contributed by atoms with van der Waals surface area (Å²) >= 11 is 0.